The van der Waals surface area contributed by atoms with E-state index >= 15 is 0 Å². The van der Waals surface area contributed by atoms with Crippen LogP contribution in [0.3, 0.4) is 0 Å². The summed E-state index contributed by atoms with van der Waals surface area (Å²) in [6.07, 6.45) is 24.5. The topological polar surface area (TPSA) is 129 Å². The highest BCUT2D eigenvalue weighted by Gasteiger charge is 2.36. The zero-order valence-corrected chi connectivity index (χ0v) is 40.9. The van der Waals surface area contributed by atoms with Crippen LogP contribution in [-0.4, -0.2) is 175 Å². The minimum atomic E-state index is -2.39. The molecule has 0 aromatic heterocycles. The van der Waals surface area contributed by atoms with E-state index in [1.54, 1.807) is 21.3 Å². The second-order valence-corrected chi connectivity index (χ2v) is 18.2. The molecule has 0 aliphatic rings. The first-order chi connectivity index (χ1) is 30.2. The van der Waals surface area contributed by atoms with E-state index in [0.29, 0.717) is 132 Å². The summed E-state index contributed by atoms with van der Waals surface area (Å²) in [5.74, 6) is 0. The third-order valence-corrected chi connectivity index (χ3v) is 12.9. The van der Waals surface area contributed by atoms with Crippen molar-refractivity contribution in [2.45, 2.75) is 135 Å². The first-order valence-corrected chi connectivity index (χ1v) is 26.2. The van der Waals surface area contributed by atoms with Gasteiger partial charge in [-0.2, -0.15) is 0 Å². The van der Waals surface area contributed by atoms with Gasteiger partial charge < -0.3 is 65.4 Å². The van der Waals surface area contributed by atoms with Gasteiger partial charge in [0.15, 0.2) is 0 Å². The fraction of sp³-hybridized carbons (Fsp3) is 1.00. The zero-order chi connectivity index (χ0) is 44.1. The monoisotopic (exact) mass is 901 g/mol. The van der Waals surface area contributed by atoms with Crippen LogP contribution in [0.2, 0.25) is 6.04 Å². The molecular formula is C46H96O14Si. The Morgan fingerprint density at radius 2 is 0.393 bits per heavy atom. The summed E-state index contributed by atoms with van der Waals surface area (Å²) in [6.45, 7) is 15.0. The van der Waals surface area contributed by atoms with E-state index in [1.165, 1.54) is 103 Å². The van der Waals surface area contributed by atoms with Crippen molar-refractivity contribution in [1.29, 1.82) is 0 Å². The Balaban J connectivity index is 3.10. The third kappa shape index (κ3) is 48.9. The number of hydrogen-bond donors (Lipinski definition) is 0. The Labute approximate surface area is 375 Å². The molecule has 0 N–H and O–H groups in total. The standard InChI is InChI=1S/C46H96O14Si/c1-5-6-7-8-9-10-12-15-18-21-24-50-26-28-52-30-32-54-34-36-56-38-40-58-42-44-60-45-43-59-41-39-57-37-35-55-33-31-53-29-27-51-25-22-19-16-13-11-14-17-20-23-46-61(47-2,48-3)49-4/h5-46H2,1-4H3. The van der Waals surface area contributed by atoms with Gasteiger partial charge in [-0.15, -0.1) is 0 Å². The summed E-state index contributed by atoms with van der Waals surface area (Å²) >= 11 is 0. The molecule has 0 aromatic rings. The number of unbranched alkanes of at least 4 members (excludes halogenated alkanes) is 17. The highest BCUT2D eigenvalue weighted by Crippen LogP contribution is 2.18. The summed E-state index contributed by atoms with van der Waals surface area (Å²) in [5.41, 5.74) is 0. The van der Waals surface area contributed by atoms with Gasteiger partial charge in [0.2, 0.25) is 0 Å². The van der Waals surface area contributed by atoms with E-state index in [9.17, 15) is 0 Å². The quantitative estimate of drug-likeness (QED) is 0.0428. The Morgan fingerprint density at radius 3 is 0.607 bits per heavy atom. The van der Waals surface area contributed by atoms with Gasteiger partial charge in [0.05, 0.1) is 132 Å². The molecule has 61 heavy (non-hydrogen) atoms. The van der Waals surface area contributed by atoms with Gasteiger partial charge in [-0.25, -0.2) is 0 Å². The molecular weight excluding hydrogens is 805 g/mol. The van der Waals surface area contributed by atoms with Crippen LogP contribution in [0, 0.1) is 0 Å². The van der Waals surface area contributed by atoms with Gasteiger partial charge in [-0.1, -0.05) is 110 Å². The molecule has 0 unspecified atom stereocenters. The van der Waals surface area contributed by atoms with Crippen molar-refractivity contribution < 1.29 is 65.4 Å². The highest BCUT2D eigenvalue weighted by molar-refractivity contribution is 6.60. The summed E-state index contributed by atoms with van der Waals surface area (Å²) in [5, 5.41) is 0. The van der Waals surface area contributed by atoms with Crippen LogP contribution in [0.4, 0.5) is 0 Å². The zero-order valence-electron chi connectivity index (χ0n) is 39.9. The molecule has 0 spiro atoms. The van der Waals surface area contributed by atoms with Gasteiger partial charge in [-0.3, -0.25) is 0 Å². The lowest BCUT2D eigenvalue weighted by Crippen LogP contribution is -2.42. The number of rotatable bonds is 56. The van der Waals surface area contributed by atoms with E-state index in [-0.39, 0.29) is 0 Å². The molecule has 0 bridgehead atoms. The van der Waals surface area contributed by atoms with Crippen molar-refractivity contribution >= 4 is 8.80 Å². The Kier molecular flexibility index (Phi) is 53.7. The van der Waals surface area contributed by atoms with E-state index in [4.69, 9.17) is 65.4 Å². The van der Waals surface area contributed by atoms with Crippen LogP contribution in [0.5, 0.6) is 0 Å². The van der Waals surface area contributed by atoms with Crippen molar-refractivity contribution in [2.75, 3.05) is 167 Å². The number of ether oxygens (including phenoxy) is 11. The molecule has 0 saturated heterocycles. The Hall–Kier alpha value is -0.343. The second kappa shape index (κ2) is 54.0. The number of hydrogen-bond acceptors (Lipinski definition) is 14. The molecule has 368 valence electrons. The van der Waals surface area contributed by atoms with Crippen molar-refractivity contribution in [3.63, 3.8) is 0 Å². The molecule has 0 heterocycles. The van der Waals surface area contributed by atoms with Crippen LogP contribution in [0.15, 0.2) is 0 Å². The van der Waals surface area contributed by atoms with Crippen molar-refractivity contribution in [3.05, 3.63) is 0 Å². The molecule has 14 nitrogen and oxygen atoms in total. The lowest BCUT2D eigenvalue weighted by Gasteiger charge is -2.24. The maximum absolute atomic E-state index is 5.69. The lowest BCUT2D eigenvalue weighted by molar-refractivity contribution is -0.0275. The van der Waals surface area contributed by atoms with E-state index in [0.717, 1.165) is 38.5 Å². The van der Waals surface area contributed by atoms with E-state index < -0.39 is 8.80 Å². The lowest BCUT2D eigenvalue weighted by atomic mass is 10.1. The largest absolute Gasteiger partial charge is 0.500 e. The van der Waals surface area contributed by atoms with Crippen molar-refractivity contribution in [1.82, 2.24) is 0 Å². The predicted octanol–water partition coefficient (Wildman–Crippen LogP) is 8.48. The Morgan fingerprint density at radius 1 is 0.213 bits per heavy atom. The van der Waals surface area contributed by atoms with Crippen LogP contribution < -0.4 is 0 Å². The van der Waals surface area contributed by atoms with Crippen LogP contribution in [0.25, 0.3) is 0 Å². The molecule has 0 aliphatic heterocycles. The van der Waals surface area contributed by atoms with Crippen LogP contribution >= 0.6 is 0 Å². The maximum atomic E-state index is 5.69. The molecule has 15 heteroatoms. The smallest absolute Gasteiger partial charge is 0.379 e. The van der Waals surface area contributed by atoms with Gasteiger partial charge in [-0.05, 0) is 19.3 Å². The minimum absolute atomic E-state index is 0.521. The van der Waals surface area contributed by atoms with E-state index in [1.807, 2.05) is 0 Å². The first-order valence-electron chi connectivity index (χ1n) is 24.2. The normalized spacial score (nSPS) is 12.0. The van der Waals surface area contributed by atoms with Crippen molar-refractivity contribution in [2.24, 2.45) is 0 Å². The molecule has 0 saturated carbocycles. The average molecular weight is 901 g/mol. The summed E-state index contributed by atoms with van der Waals surface area (Å²) in [4.78, 5) is 0. The molecule has 0 amide bonds. The summed E-state index contributed by atoms with van der Waals surface area (Å²) in [6, 6.07) is 0.893. The highest BCUT2D eigenvalue weighted by atomic mass is 28.4. The van der Waals surface area contributed by atoms with Crippen LogP contribution in [0.1, 0.15) is 129 Å². The predicted molar refractivity (Wildman–Crippen MR) is 244 cm³/mol. The summed E-state index contributed by atoms with van der Waals surface area (Å²) < 4.78 is 77.7. The molecule has 0 aliphatic carbocycles. The fourth-order valence-electron chi connectivity index (χ4n) is 6.33. The molecule has 0 fully saturated rings. The van der Waals surface area contributed by atoms with Gasteiger partial charge in [0.1, 0.15) is 0 Å². The maximum Gasteiger partial charge on any atom is 0.500 e. The molecule has 0 radical (unpaired) electrons. The fourth-order valence-corrected chi connectivity index (χ4v) is 8.13. The molecule has 0 aromatic carbocycles. The van der Waals surface area contributed by atoms with Gasteiger partial charge in [0.25, 0.3) is 0 Å². The average Bonchev–Trinajstić information content (AvgIpc) is 3.28. The van der Waals surface area contributed by atoms with E-state index in [2.05, 4.69) is 6.92 Å². The van der Waals surface area contributed by atoms with Gasteiger partial charge in [0, 0.05) is 40.6 Å². The second-order valence-electron chi connectivity index (χ2n) is 15.1. The molecule has 0 rings (SSSR count). The minimum Gasteiger partial charge on any atom is -0.379 e. The van der Waals surface area contributed by atoms with Crippen LogP contribution in [-0.2, 0) is 65.4 Å². The van der Waals surface area contributed by atoms with Gasteiger partial charge >= 0.3 is 8.80 Å². The summed E-state index contributed by atoms with van der Waals surface area (Å²) in [7, 11) is 2.65. The third-order valence-electron chi connectivity index (χ3n) is 10.1. The van der Waals surface area contributed by atoms with Crippen molar-refractivity contribution in [3.8, 4) is 0 Å². The Bertz CT molecular complexity index is 778. The molecule has 0 atom stereocenters. The first kappa shape index (κ1) is 60.7. The SMILES string of the molecule is CCCCCCCCCCCCOCCOCCOCCOCCOCCOCCOCCOCCOCCOCCOCCCCCCCCCCC[Si](OC)(OC)OC.